The van der Waals surface area contributed by atoms with Gasteiger partial charge in [0.2, 0.25) is 0 Å². The molecule has 1 heterocycles. The Labute approximate surface area is 130 Å². The molecule has 3 heteroatoms. The molecule has 0 amide bonds. The number of benzene rings is 2. The highest BCUT2D eigenvalue weighted by Gasteiger charge is 2.26. The Balaban J connectivity index is 1.83. The van der Waals surface area contributed by atoms with Gasteiger partial charge in [0.15, 0.2) is 0 Å². The molecular formula is C18H21NOS. The summed E-state index contributed by atoms with van der Waals surface area (Å²) in [6.45, 7) is 4.78. The Morgan fingerprint density at radius 1 is 1.10 bits per heavy atom. The molecule has 1 saturated heterocycles. The largest absolute Gasteiger partial charge is 0.374 e. The molecule has 2 aromatic rings. The van der Waals surface area contributed by atoms with Crippen LogP contribution in [0.25, 0.3) is 0 Å². The van der Waals surface area contributed by atoms with Crippen molar-refractivity contribution in [2.24, 2.45) is 0 Å². The fourth-order valence-corrected chi connectivity index (χ4v) is 3.75. The standard InChI is InChI=1S/C18H21NOS/c1-14-7-9-16(10-8-14)21-18(15-5-3-2-4-6-15)17-13-19-11-12-20-17/h2-10,17-19H,11-13H2,1H3/t17-,18-/m0/s1. The SMILES string of the molecule is Cc1ccc(S[C@@H](c2ccccc2)[C@@H]2CNCCO2)cc1. The lowest BCUT2D eigenvalue weighted by molar-refractivity contribution is 0.0273. The summed E-state index contributed by atoms with van der Waals surface area (Å²) in [4.78, 5) is 1.30. The number of hydrogen-bond acceptors (Lipinski definition) is 3. The summed E-state index contributed by atoms with van der Waals surface area (Å²) in [6, 6.07) is 19.4. The predicted octanol–water partition coefficient (Wildman–Crippen LogP) is 3.82. The van der Waals surface area contributed by atoms with Crippen LogP contribution in [-0.2, 0) is 4.74 Å². The topological polar surface area (TPSA) is 21.3 Å². The highest BCUT2D eigenvalue weighted by Crippen LogP contribution is 2.39. The molecule has 1 aliphatic heterocycles. The third kappa shape index (κ3) is 3.88. The highest BCUT2D eigenvalue weighted by molar-refractivity contribution is 7.99. The van der Waals surface area contributed by atoms with Gasteiger partial charge in [-0.2, -0.15) is 0 Å². The Morgan fingerprint density at radius 3 is 2.52 bits per heavy atom. The van der Waals surface area contributed by atoms with Gasteiger partial charge in [-0.25, -0.2) is 0 Å². The van der Waals surface area contributed by atoms with Crippen LogP contribution in [0.2, 0.25) is 0 Å². The molecule has 3 rings (SSSR count). The molecule has 1 N–H and O–H groups in total. The van der Waals surface area contributed by atoms with E-state index in [-0.39, 0.29) is 6.10 Å². The predicted molar refractivity (Wildman–Crippen MR) is 88.8 cm³/mol. The zero-order valence-corrected chi connectivity index (χ0v) is 13.1. The third-order valence-electron chi connectivity index (χ3n) is 3.71. The van der Waals surface area contributed by atoms with Crippen LogP contribution >= 0.6 is 11.8 Å². The first-order chi connectivity index (χ1) is 10.3. The first kappa shape index (κ1) is 14.6. The van der Waals surface area contributed by atoms with Crippen molar-refractivity contribution in [2.75, 3.05) is 19.7 Å². The lowest BCUT2D eigenvalue weighted by Gasteiger charge is -2.31. The molecule has 2 nitrogen and oxygen atoms in total. The van der Waals surface area contributed by atoms with Crippen molar-refractivity contribution in [2.45, 2.75) is 23.2 Å². The van der Waals surface area contributed by atoms with Gasteiger partial charge in [0, 0.05) is 18.0 Å². The summed E-state index contributed by atoms with van der Waals surface area (Å²) >= 11 is 1.89. The third-order valence-corrected chi connectivity index (χ3v) is 5.08. The quantitative estimate of drug-likeness (QED) is 0.867. The van der Waals surface area contributed by atoms with Crippen molar-refractivity contribution >= 4 is 11.8 Å². The summed E-state index contributed by atoms with van der Waals surface area (Å²) in [5, 5.41) is 3.76. The average Bonchev–Trinajstić information content (AvgIpc) is 2.56. The molecule has 0 radical (unpaired) electrons. The minimum absolute atomic E-state index is 0.215. The van der Waals surface area contributed by atoms with Crippen molar-refractivity contribution in [3.05, 3.63) is 65.7 Å². The Bertz CT molecular complexity index is 549. The maximum atomic E-state index is 6.01. The average molecular weight is 299 g/mol. The fraction of sp³-hybridized carbons (Fsp3) is 0.333. The van der Waals surface area contributed by atoms with E-state index in [0.29, 0.717) is 5.25 Å². The number of hydrogen-bond donors (Lipinski definition) is 1. The Hall–Kier alpha value is -1.29. The monoisotopic (exact) mass is 299 g/mol. The van der Waals surface area contributed by atoms with Gasteiger partial charge < -0.3 is 10.1 Å². The van der Waals surface area contributed by atoms with Crippen molar-refractivity contribution < 1.29 is 4.74 Å². The molecular weight excluding hydrogens is 278 g/mol. The normalized spacial score (nSPS) is 20.1. The van der Waals surface area contributed by atoms with Crippen LogP contribution in [0.15, 0.2) is 59.5 Å². The van der Waals surface area contributed by atoms with E-state index in [1.54, 1.807) is 0 Å². The van der Waals surface area contributed by atoms with E-state index in [1.165, 1.54) is 16.0 Å². The van der Waals surface area contributed by atoms with Crippen LogP contribution in [0.4, 0.5) is 0 Å². The first-order valence-corrected chi connectivity index (χ1v) is 8.31. The Kier molecular flexibility index (Phi) is 4.96. The van der Waals surface area contributed by atoms with Crippen molar-refractivity contribution in [1.82, 2.24) is 5.32 Å². The second-order valence-electron chi connectivity index (χ2n) is 5.38. The zero-order valence-electron chi connectivity index (χ0n) is 12.3. The van der Waals surface area contributed by atoms with Gasteiger partial charge in [0.25, 0.3) is 0 Å². The molecule has 0 aliphatic carbocycles. The summed E-state index contributed by atoms with van der Waals surface area (Å²) in [5.74, 6) is 0. The van der Waals surface area contributed by atoms with Crippen LogP contribution in [0.3, 0.4) is 0 Å². The fourth-order valence-electron chi connectivity index (χ4n) is 2.54. The Morgan fingerprint density at radius 2 is 1.86 bits per heavy atom. The van der Waals surface area contributed by atoms with Crippen LogP contribution < -0.4 is 5.32 Å². The van der Waals surface area contributed by atoms with Crippen molar-refractivity contribution in [1.29, 1.82) is 0 Å². The van der Waals surface area contributed by atoms with E-state index in [0.717, 1.165) is 19.7 Å². The van der Waals surface area contributed by atoms with Gasteiger partial charge in [0.1, 0.15) is 0 Å². The van der Waals surface area contributed by atoms with E-state index in [4.69, 9.17) is 4.74 Å². The van der Waals surface area contributed by atoms with Gasteiger partial charge in [-0.1, -0.05) is 48.0 Å². The summed E-state index contributed by atoms with van der Waals surface area (Å²) < 4.78 is 6.01. The molecule has 0 bridgehead atoms. The van der Waals surface area contributed by atoms with Gasteiger partial charge in [-0.3, -0.25) is 0 Å². The van der Waals surface area contributed by atoms with Gasteiger partial charge in [-0.15, -0.1) is 11.8 Å². The molecule has 1 aliphatic rings. The number of ether oxygens (including phenoxy) is 1. The van der Waals surface area contributed by atoms with E-state index < -0.39 is 0 Å². The van der Waals surface area contributed by atoms with Crippen molar-refractivity contribution in [3.8, 4) is 0 Å². The van der Waals surface area contributed by atoms with Crippen LogP contribution in [0.5, 0.6) is 0 Å². The summed E-state index contributed by atoms with van der Waals surface area (Å²) in [6.07, 6.45) is 0.215. The molecule has 2 aromatic carbocycles. The number of nitrogens with one attached hydrogen (secondary N) is 1. The van der Waals surface area contributed by atoms with Crippen LogP contribution in [0, 0.1) is 6.92 Å². The minimum Gasteiger partial charge on any atom is -0.374 e. The number of rotatable bonds is 4. The van der Waals surface area contributed by atoms with Gasteiger partial charge in [0.05, 0.1) is 18.0 Å². The smallest absolute Gasteiger partial charge is 0.0862 e. The first-order valence-electron chi connectivity index (χ1n) is 7.43. The van der Waals surface area contributed by atoms with Gasteiger partial charge >= 0.3 is 0 Å². The van der Waals surface area contributed by atoms with Crippen LogP contribution in [0.1, 0.15) is 16.4 Å². The lowest BCUT2D eigenvalue weighted by Crippen LogP contribution is -2.41. The summed E-state index contributed by atoms with van der Waals surface area (Å²) in [7, 11) is 0. The molecule has 21 heavy (non-hydrogen) atoms. The number of aryl methyl sites for hydroxylation is 1. The molecule has 110 valence electrons. The van der Waals surface area contributed by atoms with Crippen molar-refractivity contribution in [3.63, 3.8) is 0 Å². The molecule has 2 atom stereocenters. The minimum atomic E-state index is 0.215. The maximum Gasteiger partial charge on any atom is 0.0862 e. The number of morpholine rings is 1. The second kappa shape index (κ2) is 7.12. The molecule has 0 aromatic heterocycles. The van der Waals surface area contributed by atoms with E-state index in [1.807, 2.05) is 11.8 Å². The highest BCUT2D eigenvalue weighted by atomic mass is 32.2. The zero-order chi connectivity index (χ0) is 14.5. The maximum absolute atomic E-state index is 6.01. The van der Waals surface area contributed by atoms with Gasteiger partial charge in [-0.05, 0) is 24.6 Å². The lowest BCUT2D eigenvalue weighted by atomic mass is 10.1. The molecule has 1 fully saturated rings. The summed E-state index contributed by atoms with van der Waals surface area (Å²) in [5.41, 5.74) is 2.63. The molecule has 0 spiro atoms. The second-order valence-corrected chi connectivity index (χ2v) is 6.59. The molecule has 0 saturated carbocycles. The number of thioether (sulfide) groups is 1. The van der Waals surface area contributed by atoms with Crippen LogP contribution in [-0.4, -0.2) is 25.8 Å². The van der Waals surface area contributed by atoms with E-state index in [9.17, 15) is 0 Å². The van der Waals surface area contributed by atoms with E-state index in [2.05, 4.69) is 66.8 Å². The molecule has 0 unspecified atom stereocenters. The van der Waals surface area contributed by atoms with E-state index >= 15 is 0 Å².